The van der Waals surface area contributed by atoms with Crippen LogP contribution in [0.4, 0.5) is 4.39 Å². The molecule has 0 aliphatic carbocycles. The first-order valence-corrected chi connectivity index (χ1v) is 6.90. The molecule has 0 saturated carbocycles. The summed E-state index contributed by atoms with van der Waals surface area (Å²) >= 11 is 0. The van der Waals surface area contributed by atoms with Crippen LogP contribution in [0.25, 0.3) is 0 Å². The number of benzene rings is 1. The average Bonchev–Trinajstić information content (AvgIpc) is 2.39. The van der Waals surface area contributed by atoms with Crippen LogP contribution in [0.3, 0.4) is 0 Å². The highest BCUT2D eigenvalue weighted by Crippen LogP contribution is 2.26. The lowest BCUT2D eigenvalue weighted by atomic mass is 9.90. The molecular weight excluding hydrogens is 265 g/mol. The largest absolute Gasteiger partial charge is 0.387 e. The molecule has 2 N–H and O–H groups in total. The molecule has 0 aromatic heterocycles. The molecule has 1 aliphatic heterocycles. The topological polar surface area (TPSA) is 32.3 Å². The molecule has 1 aliphatic rings. The number of hydrogen-bond acceptors (Lipinski definition) is 2. The van der Waals surface area contributed by atoms with Crippen molar-refractivity contribution in [1.82, 2.24) is 5.32 Å². The molecule has 1 saturated heterocycles. The summed E-state index contributed by atoms with van der Waals surface area (Å²) in [7, 11) is 0. The number of aliphatic hydroxyl groups excluding tert-OH is 1. The lowest BCUT2D eigenvalue weighted by Crippen LogP contribution is -2.45. The molecular formula is C15H23ClFNO. The first kappa shape index (κ1) is 16.4. The summed E-state index contributed by atoms with van der Waals surface area (Å²) in [4.78, 5) is 0. The van der Waals surface area contributed by atoms with Gasteiger partial charge >= 0.3 is 0 Å². The number of halogens is 2. The van der Waals surface area contributed by atoms with Gasteiger partial charge in [-0.05, 0) is 37.0 Å². The maximum Gasteiger partial charge on any atom is 0.123 e. The van der Waals surface area contributed by atoms with Crippen LogP contribution in [-0.4, -0.2) is 17.2 Å². The maximum absolute atomic E-state index is 12.9. The Kier molecular flexibility index (Phi) is 6.76. The number of nitrogens with one attached hydrogen (secondary N) is 1. The van der Waals surface area contributed by atoms with Crippen LogP contribution < -0.4 is 5.32 Å². The van der Waals surface area contributed by atoms with E-state index >= 15 is 0 Å². The molecule has 1 fully saturated rings. The van der Waals surface area contributed by atoms with E-state index < -0.39 is 6.10 Å². The second-order valence-corrected chi connectivity index (χ2v) is 5.19. The minimum atomic E-state index is -0.537. The van der Waals surface area contributed by atoms with Crippen LogP contribution in [0.2, 0.25) is 0 Å². The van der Waals surface area contributed by atoms with Crippen LogP contribution in [0.15, 0.2) is 24.3 Å². The van der Waals surface area contributed by atoms with E-state index in [1.54, 1.807) is 12.1 Å². The van der Waals surface area contributed by atoms with E-state index in [-0.39, 0.29) is 24.3 Å². The third-order valence-corrected chi connectivity index (χ3v) is 3.75. The van der Waals surface area contributed by atoms with Gasteiger partial charge in [0.1, 0.15) is 5.82 Å². The van der Waals surface area contributed by atoms with Crippen LogP contribution in [0.5, 0.6) is 0 Å². The van der Waals surface area contributed by atoms with E-state index in [0.29, 0.717) is 6.04 Å². The second-order valence-electron chi connectivity index (χ2n) is 5.19. The predicted octanol–water partition coefficient (Wildman–Crippen LogP) is 3.59. The van der Waals surface area contributed by atoms with Crippen molar-refractivity contribution in [2.45, 2.75) is 57.2 Å². The van der Waals surface area contributed by atoms with E-state index in [1.807, 2.05) is 0 Å². The molecule has 0 spiro atoms. The van der Waals surface area contributed by atoms with Gasteiger partial charge < -0.3 is 10.4 Å². The monoisotopic (exact) mass is 287 g/mol. The van der Waals surface area contributed by atoms with Crippen molar-refractivity contribution in [3.63, 3.8) is 0 Å². The fourth-order valence-electron chi connectivity index (χ4n) is 2.77. The molecule has 0 bridgehead atoms. The zero-order valence-corrected chi connectivity index (χ0v) is 12.1. The lowest BCUT2D eigenvalue weighted by molar-refractivity contribution is 0.0997. The van der Waals surface area contributed by atoms with Crippen molar-refractivity contribution < 1.29 is 9.50 Å². The summed E-state index contributed by atoms with van der Waals surface area (Å²) in [6.45, 7) is 2.18. The third kappa shape index (κ3) is 4.44. The van der Waals surface area contributed by atoms with Crippen molar-refractivity contribution in [1.29, 1.82) is 0 Å². The predicted molar refractivity (Wildman–Crippen MR) is 78.1 cm³/mol. The van der Waals surface area contributed by atoms with Gasteiger partial charge in [0, 0.05) is 12.1 Å². The molecule has 108 valence electrons. The Hall–Kier alpha value is -0.640. The van der Waals surface area contributed by atoms with Crippen molar-refractivity contribution in [2.75, 3.05) is 0 Å². The minimum absolute atomic E-state index is 0. The van der Waals surface area contributed by atoms with Gasteiger partial charge in [-0.25, -0.2) is 4.39 Å². The fraction of sp³-hybridized carbons (Fsp3) is 0.600. The Morgan fingerprint density at radius 2 is 2.00 bits per heavy atom. The normalized spacial score (nSPS) is 24.6. The summed E-state index contributed by atoms with van der Waals surface area (Å²) in [6.07, 6.45) is 5.12. The van der Waals surface area contributed by atoms with Crippen LogP contribution in [-0.2, 0) is 0 Å². The van der Waals surface area contributed by atoms with Gasteiger partial charge in [0.15, 0.2) is 0 Å². The Bertz CT molecular complexity index is 369. The summed E-state index contributed by atoms with van der Waals surface area (Å²) in [5.41, 5.74) is 0.797. The second kappa shape index (κ2) is 7.83. The molecule has 0 radical (unpaired) electrons. The summed E-state index contributed by atoms with van der Waals surface area (Å²) < 4.78 is 12.9. The van der Waals surface area contributed by atoms with Gasteiger partial charge in [-0.15, -0.1) is 12.4 Å². The lowest BCUT2D eigenvalue weighted by Gasteiger charge is -2.34. The van der Waals surface area contributed by atoms with E-state index in [0.717, 1.165) is 31.2 Å². The van der Waals surface area contributed by atoms with Gasteiger partial charge in [0.2, 0.25) is 0 Å². The number of hydrogen-bond donors (Lipinski definition) is 2. The highest BCUT2D eigenvalue weighted by molar-refractivity contribution is 5.85. The van der Waals surface area contributed by atoms with Gasteiger partial charge in [-0.3, -0.25) is 0 Å². The third-order valence-electron chi connectivity index (χ3n) is 3.75. The maximum atomic E-state index is 12.9. The molecule has 1 aromatic rings. The molecule has 2 nitrogen and oxygen atoms in total. The molecule has 4 heteroatoms. The summed E-state index contributed by atoms with van der Waals surface area (Å²) in [5.74, 6) is -0.258. The quantitative estimate of drug-likeness (QED) is 0.887. The first-order valence-electron chi connectivity index (χ1n) is 6.90. The van der Waals surface area contributed by atoms with E-state index in [4.69, 9.17) is 0 Å². The first-order chi connectivity index (χ1) is 8.70. The molecule has 2 rings (SSSR count). The van der Waals surface area contributed by atoms with Crippen molar-refractivity contribution >= 4 is 12.4 Å². The Balaban J connectivity index is 0.00000180. The molecule has 19 heavy (non-hydrogen) atoms. The van der Waals surface area contributed by atoms with Crippen molar-refractivity contribution in [3.8, 4) is 0 Å². The molecule has 0 unspecified atom stereocenters. The molecule has 1 aromatic carbocycles. The van der Waals surface area contributed by atoms with E-state index in [1.165, 1.54) is 18.6 Å². The van der Waals surface area contributed by atoms with Gasteiger partial charge in [-0.2, -0.15) is 0 Å². The van der Waals surface area contributed by atoms with Crippen molar-refractivity contribution in [3.05, 3.63) is 35.6 Å². The number of rotatable bonds is 4. The summed E-state index contributed by atoms with van der Waals surface area (Å²) in [5, 5.41) is 13.9. The molecule has 1 heterocycles. The number of piperidine rings is 1. The number of aliphatic hydroxyl groups is 1. The fourth-order valence-corrected chi connectivity index (χ4v) is 2.77. The zero-order chi connectivity index (χ0) is 13.0. The highest BCUT2D eigenvalue weighted by Gasteiger charge is 2.26. The van der Waals surface area contributed by atoms with Crippen LogP contribution >= 0.6 is 12.4 Å². The Morgan fingerprint density at radius 1 is 1.32 bits per heavy atom. The zero-order valence-electron chi connectivity index (χ0n) is 11.3. The van der Waals surface area contributed by atoms with Gasteiger partial charge in [0.05, 0.1) is 6.10 Å². The average molecular weight is 288 g/mol. The van der Waals surface area contributed by atoms with Crippen LogP contribution in [0.1, 0.15) is 50.7 Å². The summed E-state index contributed by atoms with van der Waals surface area (Å²) in [6, 6.07) is 6.77. The van der Waals surface area contributed by atoms with Crippen molar-refractivity contribution in [2.24, 2.45) is 0 Å². The SMILES string of the molecule is CCC[C@H]1CCC[C@H]([C@@H](O)c2ccc(F)cc2)N1.Cl. The molecule has 3 atom stereocenters. The highest BCUT2D eigenvalue weighted by atomic mass is 35.5. The van der Waals surface area contributed by atoms with Gasteiger partial charge in [0.25, 0.3) is 0 Å². The van der Waals surface area contributed by atoms with Crippen LogP contribution in [0, 0.1) is 5.82 Å². The van der Waals surface area contributed by atoms with Gasteiger partial charge in [-0.1, -0.05) is 31.9 Å². The van der Waals surface area contributed by atoms with E-state index in [2.05, 4.69) is 12.2 Å². The minimum Gasteiger partial charge on any atom is -0.387 e. The Labute approximate surface area is 120 Å². The molecule has 0 amide bonds. The van der Waals surface area contributed by atoms with E-state index in [9.17, 15) is 9.50 Å². The smallest absolute Gasteiger partial charge is 0.123 e. The Morgan fingerprint density at radius 3 is 2.63 bits per heavy atom. The standard InChI is InChI=1S/C15H22FNO.ClH/c1-2-4-13-5-3-6-14(17-13)15(18)11-7-9-12(16)10-8-11;/h7-10,13-15,17-18H,2-6H2,1H3;1H/t13-,14+,15-;/m0./s1.